The van der Waals surface area contributed by atoms with Crippen LogP contribution in [-0.2, 0) is 11.3 Å². The molecule has 3 aliphatic rings. The lowest BCUT2D eigenvalue weighted by molar-refractivity contribution is 0.0355. The van der Waals surface area contributed by atoms with Crippen LogP contribution in [0.15, 0.2) is 0 Å². The van der Waals surface area contributed by atoms with Gasteiger partial charge in [-0.3, -0.25) is 9.80 Å². The molecule has 0 radical (unpaired) electrons. The molecular weight excluding hydrogens is 308 g/mol. The maximum Gasteiger partial charge on any atom is 0.168 e. The molecule has 1 aromatic heterocycles. The molecule has 0 aromatic carbocycles. The Balaban J connectivity index is 1.42. The van der Waals surface area contributed by atoms with Crippen LogP contribution in [-0.4, -0.2) is 87.2 Å². The van der Waals surface area contributed by atoms with Gasteiger partial charge in [-0.15, -0.1) is 5.10 Å². The van der Waals surface area contributed by atoms with E-state index in [9.17, 15) is 5.11 Å². The molecule has 2 atom stereocenters. The van der Waals surface area contributed by atoms with E-state index in [0.29, 0.717) is 0 Å². The Morgan fingerprint density at radius 1 is 1.08 bits per heavy atom. The highest BCUT2D eigenvalue weighted by Crippen LogP contribution is 2.39. The van der Waals surface area contributed by atoms with Gasteiger partial charge in [0.05, 0.1) is 32.4 Å². The smallest absolute Gasteiger partial charge is 0.168 e. The minimum Gasteiger partial charge on any atom is -0.395 e. The molecule has 2 aliphatic heterocycles. The first-order chi connectivity index (χ1) is 11.8. The number of aliphatic hydroxyl groups is 1. The molecular formula is C16H28N6O2. The normalized spacial score (nSPS) is 29.4. The van der Waals surface area contributed by atoms with E-state index in [2.05, 4.69) is 25.3 Å². The van der Waals surface area contributed by atoms with Crippen molar-refractivity contribution in [1.29, 1.82) is 0 Å². The van der Waals surface area contributed by atoms with E-state index in [0.717, 1.165) is 70.5 Å². The molecule has 4 rings (SSSR count). The maximum absolute atomic E-state index is 9.71. The average Bonchev–Trinajstić information content (AvgIpc) is 3.17. The van der Waals surface area contributed by atoms with Crippen molar-refractivity contribution >= 4 is 0 Å². The van der Waals surface area contributed by atoms with Crippen molar-refractivity contribution in [1.82, 2.24) is 30.0 Å². The number of hydrogen-bond acceptors (Lipinski definition) is 7. The van der Waals surface area contributed by atoms with E-state index in [4.69, 9.17) is 4.74 Å². The Hall–Kier alpha value is -1.09. The standard InChI is InChI=1S/C16H28N6O2/c23-12-14-3-4-15(21(14)11-13-1-2-13)16-17-18-19-22(16)6-5-20-7-9-24-10-8-20/h13-15,23H,1-12H2/t14-,15-/m0/s1. The predicted octanol–water partition coefficient (Wildman–Crippen LogP) is -0.0869. The van der Waals surface area contributed by atoms with Crippen LogP contribution in [0.3, 0.4) is 0 Å². The van der Waals surface area contributed by atoms with Gasteiger partial charge in [0, 0.05) is 32.2 Å². The Morgan fingerprint density at radius 2 is 1.92 bits per heavy atom. The van der Waals surface area contributed by atoms with Crippen LogP contribution in [0.2, 0.25) is 0 Å². The van der Waals surface area contributed by atoms with Gasteiger partial charge < -0.3 is 9.84 Å². The van der Waals surface area contributed by atoms with Gasteiger partial charge in [0.15, 0.2) is 5.82 Å². The third-order valence-corrected chi connectivity index (χ3v) is 5.61. The summed E-state index contributed by atoms with van der Waals surface area (Å²) in [5, 5.41) is 22.2. The van der Waals surface area contributed by atoms with Crippen molar-refractivity contribution in [2.24, 2.45) is 5.92 Å². The minimum atomic E-state index is 0.235. The van der Waals surface area contributed by atoms with Crippen LogP contribution >= 0.6 is 0 Å². The van der Waals surface area contributed by atoms with Gasteiger partial charge in [-0.1, -0.05) is 0 Å². The van der Waals surface area contributed by atoms with E-state index in [1.54, 1.807) is 0 Å². The fraction of sp³-hybridized carbons (Fsp3) is 0.938. The SMILES string of the molecule is OC[C@@H]1CC[C@@H](c2nnnn2CCN2CCOCC2)N1CC1CC1. The summed E-state index contributed by atoms with van der Waals surface area (Å²) in [7, 11) is 0. The second-order valence-electron chi connectivity index (χ2n) is 7.28. The number of likely N-dealkylation sites (tertiary alicyclic amines) is 1. The van der Waals surface area contributed by atoms with Gasteiger partial charge in [0.25, 0.3) is 0 Å². The van der Waals surface area contributed by atoms with E-state index < -0.39 is 0 Å². The number of hydrogen-bond donors (Lipinski definition) is 1. The Morgan fingerprint density at radius 3 is 2.67 bits per heavy atom. The fourth-order valence-corrected chi connectivity index (χ4v) is 3.96. The van der Waals surface area contributed by atoms with Crippen molar-refractivity contribution in [2.75, 3.05) is 46.0 Å². The van der Waals surface area contributed by atoms with Gasteiger partial charge >= 0.3 is 0 Å². The molecule has 8 nitrogen and oxygen atoms in total. The number of aromatic nitrogens is 4. The highest BCUT2D eigenvalue weighted by molar-refractivity contribution is 5.01. The molecule has 24 heavy (non-hydrogen) atoms. The molecule has 8 heteroatoms. The van der Waals surface area contributed by atoms with E-state index in [1.807, 2.05) is 4.68 Å². The first-order valence-corrected chi connectivity index (χ1v) is 9.28. The molecule has 0 bridgehead atoms. The first-order valence-electron chi connectivity index (χ1n) is 9.28. The summed E-state index contributed by atoms with van der Waals surface area (Å²) in [6.45, 7) is 6.70. The van der Waals surface area contributed by atoms with E-state index >= 15 is 0 Å². The van der Waals surface area contributed by atoms with Crippen LogP contribution in [0.4, 0.5) is 0 Å². The molecule has 3 heterocycles. The lowest BCUT2D eigenvalue weighted by Gasteiger charge is -2.29. The topological polar surface area (TPSA) is 79.5 Å². The van der Waals surface area contributed by atoms with Crippen molar-refractivity contribution in [3.05, 3.63) is 5.82 Å². The summed E-state index contributed by atoms with van der Waals surface area (Å²) in [4.78, 5) is 4.86. The van der Waals surface area contributed by atoms with Gasteiger partial charge in [-0.2, -0.15) is 0 Å². The van der Waals surface area contributed by atoms with Crippen molar-refractivity contribution in [3.63, 3.8) is 0 Å². The zero-order chi connectivity index (χ0) is 16.4. The monoisotopic (exact) mass is 336 g/mol. The summed E-state index contributed by atoms with van der Waals surface area (Å²) in [6.07, 6.45) is 4.72. The highest BCUT2D eigenvalue weighted by Gasteiger charge is 2.39. The van der Waals surface area contributed by atoms with Crippen molar-refractivity contribution in [2.45, 2.75) is 44.3 Å². The summed E-state index contributed by atoms with van der Waals surface area (Å²) in [5.74, 6) is 1.78. The zero-order valence-corrected chi connectivity index (χ0v) is 14.3. The first kappa shape index (κ1) is 16.4. The van der Waals surface area contributed by atoms with Crippen LogP contribution < -0.4 is 0 Å². The summed E-state index contributed by atoms with van der Waals surface area (Å²) < 4.78 is 7.38. The van der Waals surface area contributed by atoms with Gasteiger partial charge in [-0.05, 0) is 42.0 Å². The second-order valence-corrected chi connectivity index (χ2v) is 7.28. The van der Waals surface area contributed by atoms with Crippen LogP contribution in [0.25, 0.3) is 0 Å². The van der Waals surface area contributed by atoms with Crippen LogP contribution in [0, 0.1) is 5.92 Å². The Labute approximate surface area is 142 Å². The Kier molecular flexibility index (Phi) is 5.07. The number of ether oxygens (including phenoxy) is 1. The molecule has 2 saturated heterocycles. The number of morpholine rings is 1. The van der Waals surface area contributed by atoms with Crippen molar-refractivity contribution < 1.29 is 9.84 Å². The largest absolute Gasteiger partial charge is 0.395 e. The molecule has 1 aromatic rings. The molecule has 0 unspecified atom stereocenters. The number of tetrazole rings is 1. The van der Waals surface area contributed by atoms with Crippen LogP contribution in [0.5, 0.6) is 0 Å². The van der Waals surface area contributed by atoms with Crippen LogP contribution in [0.1, 0.15) is 37.5 Å². The predicted molar refractivity (Wildman–Crippen MR) is 87.4 cm³/mol. The molecule has 1 saturated carbocycles. The molecule has 134 valence electrons. The molecule has 3 fully saturated rings. The second kappa shape index (κ2) is 7.43. The number of aliphatic hydroxyl groups excluding tert-OH is 1. The molecule has 0 spiro atoms. The molecule has 0 amide bonds. The third-order valence-electron chi connectivity index (χ3n) is 5.61. The molecule has 1 N–H and O–H groups in total. The number of rotatable bonds is 7. The minimum absolute atomic E-state index is 0.235. The lowest BCUT2D eigenvalue weighted by Crippen LogP contribution is -2.39. The lowest BCUT2D eigenvalue weighted by atomic mass is 10.2. The van der Waals surface area contributed by atoms with Gasteiger partial charge in [0.1, 0.15) is 0 Å². The zero-order valence-electron chi connectivity index (χ0n) is 14.3. The average molecular weight is 336 g/mol. The quantitative estimate of drug-likeness (QED) is 0.745. The van der Waals surface area contributed by atoms with E-state index in [1.165, 1.54) is 12.8 Å². The summed E-state index contributed by atoms with van der Waals surface area (Å²) in [6, 6.07) is 0.516. The van der Waals surface area contributed by atoms with Gasteiger partial charge in [0.2, 0.25) is 0 Å². The van der Waals surface area contributed by atoms with Gasteiger partial charge in [-0.25, -0.2) is 4.68 Å². The maximum atomic E-state index is 9.71. The third kappa shape index (κ3) is 3.61. The Bertz CT molecular complexity index is 528. The summed E-state index contributed by atoms with van der Waals surface area (Å²) in [5.41, 5.74) is 0. The fourth-order valence-electron chi connectivity index (χ4n) is 3.96. The number of nitrogens with zero attached hydrogens (tertiary/aromatic N) is 6. The highest BCUT2D eigenvalue weighted by atomic mass is 16.5. The summed E-state index contributed by atoms with van der Waals surface area (Å²) >= 11 is 0. The molecule has 1 aliphatic carbocycles. The van der Waals surface area contributed by atoms with E-state index in [-0.39, 0.29) is 18.7 Å². The van der Waals surface area contributed by atoms with Crippen molar-refractivity contribution in [3.8, 4) is 0 Å².